The molecule has 1 aromatic heterocycles. The highest BCUT2D eigenvalue weighted by Crippen LogP contribution is 2.40. The van der Waals surface area contributed by atoms with Crippen LogP contribution in [0.2, 0.25) is 0 Å². The van der Waals surface area contributed by atoms with Gasteiger partial charge in [0.1, 0.15) is 5.54 Å². The quantitative estimate of drug-likeness (QED) is 0.604. The topological polar surface area (TPSA) is 105 Å². The van der Waals surface area contributed by atoms with Crippen molar-refractivity contribution in [2.24, 2.45) is 0 Å². The van der Waals surface area contributed by atoms with Crippen LogP contribution in [0.25, 0.3) is 0 Å². The Morgan fingerprint density at radius 1 is 1.59 bits per heavy atom. The highest BCUT2D eigenvalue weighted by molar-refractivity contribution is 5.86. The first-order valence-corrected chi connectivity index (χ1v) is 5.08. The maximum Gasteiger partial charge on any atom is 0.329 e. The Hall–Kier alpha value is -2.18. The normalized spacial score (nSPS) is 16.3. The van der Waals surface area contributed by atoms with Crippen molar-refractivity contribution < 1.29 is 14.8 Å². The van der Waals surface area contributed by atoms with Gasteiger partial charge in [0.05, 0.1) is 4.92 Å². The first-order valence-electron chi connectivity index (χ1n) is 5.08. The Kier molecular flexibility index (Phi) is 2.45. The third kappa shape index (κ3) is 2.03. The number of rotatable bonds is 4. The summed E-state index contributed by atoms with van der Waals surface area (Å²) >= 11 is 0. The number of carboxylic acid groups (broad SMARTS) is 1. The van der Waals surface area contributed by atoms with Gasteiger partial charge >= 0.3 is 11.7 Å². The van der Waals surface area contributed by atoms with E-state index >= 15 is 0 Å². The molecule has 0 spiro atoms. The highest BCUT2D eigenvalue weighted by atomic mass is 16.6. The van der Waals surface area contributed by atoms with Crippen LogP contribution in [0.4, 0.5) is 11.5 Å². The van der Waals surface area contributed by atoms with Crippen LogP contribution in [0, 0.1) is 17.0 Å². The molecule has 1 fully saturated rings. The molecule has 17 heavy (non-hydrogen) atoms. The molecule has 90 valence electrons. The van der Waals surface area contributed by atoms with Crippen molar-refractivity contribution in [3.63, 3.8) is 0 Å². The van der Waals surface area contributed by atoms with E-state index in [4.69, 9.17) is 5.11 Å². The Labute approximate surface area is 96.6 Å². The van der Waals surface area contributed by atoms with Crippen LogP contribution in [0.15, 0.2) is 12.1 Å². The van der Waals surface area contributed by atoms with Crippen LogP contribution in [0.1, 0.15) is 18.5 Å². The molecule has 2 N–H and O–H groups in total. The third-order valence-electron chi connectivity index (χ3n) is 2.73. The van der Waals surface area contributed by atoms with Gasteiger partial charge in [-0.2, -0.15) is 0 Å². The lowest BCUT2D eigenvalue weighted by atomic mass is 10.2. The van der Waals surface area contributed by atoms with Crippen LogP contribution >= 0.6 is 0 Å². The lowest BCUT2D eigenvalue weighted by Gasteiger charge is -2.13. The fraction of sp³-hybridized carbons (Fsp3) is 0.400. The summed E-state index contributed by atoms with van der Waals surface area (Å²) in [4.78, 5) is 25.2. The first kappa shape index (κ1) is 11.3. The van der Waals surface area contributed by atoms with Crippen molar-refractivity contribution in [3.8, 4) is 0 Å². The average molecular weight is 237 g/mol. The standard InChI is InChI=1S/C10H11N3O4/c1-6-2-3-7(13(16)17)8(11-6)12-10(4-5-10)9(14)15/h2-3H,4-5H2,1H3,(H,11,12)(H,14,15). The number of aryl methyl sites for hydroxylation is 1. The van der Waals surface area contributed by atoms with Gasteiger partial charge in [-0.25, -0.2) is 9.78 Å². The van der Waals surface area contributed by atoms with Crippen molar-refractivity contribution in [2.45, 2.75) is 25.3 Å². The van der Waals surface area contributed by atoms with Crippen molar-refractivity contribution in [3.05, 3.63) is 27.9 Å². The van der Waals surface area contributed by atoms with Crippen molar-refractivity contribution >= 4 is 17.5 Å². The van der Waals surface area contributed by atoms with E-state index in [1.54, 1.807) is 6.92 Å². The van der Waals surface area contributed by atoms with Gasteiger partial charge in [-0.15, -0.1) is 0 Å². The number of nitro groups is 1. The minimum atomic E-state index is -1.08. The average Bonchev–Trinajstić information content (AvgIpc) is 2.98. The fourth-order valence-corrected chi connectivity index (χ4v) is 1.53. The van der Waals surface area contributed by atoms with Gasteiger partial charge in [-0.1, -0.05) is 0 Å². The second kappa shape index (κ2) is 3.69. The Balaban J connectivity index is 2.35. The van der Waals surface area contributed by atoms with E-state index in [2.05, 4.69) is 10.3 Å². The highest BCUT2D eigenvalue weighted by Gasteiger charge is 2.51. The lowest BCUT2D eigenvalue weighted by Crippen LogP contribution is -2.32. The lowest BCUT2D eigenvalue weighted by molar-refractivity contribution is -0.384. The number of anilines is 1. The summed E-state index contributed by atoms with van der Waals surface area (Å²) in [7, 11) is 0. The fourth-order valence-electron chi connectivity index (χ4n) is 1.53. The minimum Gasteiger partial charge on any atom is -0.480 e. The van der Waals surface area contributed by atoms with Crippen LogP contribution in [0.5, 0.6) is 0 Å². The van der Waals surface area contributed by atoms with Gasteiger partial charge in [-0.05, 0) is 25.8 Å². The third-order valence-corrected chi connectivity index (χ3v) is 2.73. The predicted molar refractivity (Wildman–Crippen MR) is 58.9 cm³/mol. The molecule has 0 atom stereocenters. The van der Waals surface area contributed by atoms with Crippen LogP contribution in [-0.4, -0.2) is 26.5 Å². The summed E-state index contributed by atoms with van der Waals surface area (Å²) in [5.41, 5.74) is -0.687. The van der Waals surface area contributed by atoms with E-state index in [1.807, 2.05) is 0 Å². The van der Waals surface area contributed by atoms with Gasteiger partial charge in [0.15, 0.2) is 0 Å². The second-order valence-electron chi connectivity index (χ2n) is 4.09. The zero-order chi connectivity index (χ0) is 12.6. The van der Waals surface area contributed by atoms with E-state index < -0.39 is 16.4 Å². The van der Waals surface area contributed by atoms with Crippen molar-refractivity contribution in [2.75, 3.05) is 5.32 Å². The smallest absolute Gasteiger partial charge is 0.329 e. The molecular weight excluding hydrogens is 226 g/mol. The number of hydrogen-bond donors (Lipinski definition) is 2. The molecule has 0 unspecified atom stereocenters. The Morgan fingerprint density at radius 3 is 2.71 bits per heavy atom. The summed E-state index contributed by atoms with van der Waals surface area (Å²) in [6.45, 7) is 1.69. The van der Waals surface area contributed by atoms with Gasteiger partial charge < -0.3 is 10.4 Å². The van der Waals surface area contributed by atoms with Gasteiger partial charge in [0.25, 0.3) is 0 Å². The van der Waals surface area contributed by atoms with Crippen LogP contribution in [-0.2, 0) is 4.79 Å². The maximum absolute atomic E-state index is 11.0. The molecule has 0 aliphatic heterocycles. The molecule has 1 saturated carbocycles. The molecule has 7 heteroatoms. The Morgan fingerprint density at radius 2 is 2.24 bits per heavy atom. The molecule has 0 amide bonds. The van der Waals surface area contributed by atoms with E-state index in [1.165, 1.54) is 12.1 Å². The maximum atomic E-state index is 11.0. The number of hydrogen-bond acceptors (Lipinski definition) is 5. The monoisotopic (exact) mass is 237 g/mol. The second-order valence-corrected chi connectivity index (χ2v) is 4.09. The van der Waals surface area contributed by atoms with E-state index in [0.717, 1.165) is 0 Å². The predicted octanol–water partition coefficient (Wildman–Crippen LogP) is 1.33. The number of nitrogens with one attached hydrogen (secondary N) is 1. The molecule has 0 radical (unpaired) electrons. The first-order chi connectivity index (χ1) is 7.94. The van der Waals surface area contributed by atoms with E-state index in [-0.39, 0.29) is 11.5 Å². The largest absolute Gasteiger partial charge is 0.480 e. The minimum absolute atomic E-state index is 0.0231. The number of carbonyl (C=O) groups is 1. The molecule has 1 aliphatic rings. The zero-order valence-corrected chi connectivity index (χ0v) is 9.14. The molecule has 1 aromatic rings. The van der Waals surface area contributed by atoms with Crippen LogP contribution in [0.3, 0.4) is 0 Å². The molecule has 2 rings (SSSR count). The summed E-state index contributed by atoms with van der Waals surface area (Å²) in [6, 6.07) is 2.84. The molecular formula is C10H11N3O4. The number of nitrogens with zero attached hydrogens (tertiary/aromatic N) is 2. The number of aromatic nitrogens is 1. The number of aliphatic carboxylic acids is 1. The summed E-state index contributed by atoms with van der Waals surface area (Å²) < 4.78 is 0. The van der Waals surface area contributed by atoms with Gasteiger partial charge in [0, 0.05) is 11.8 Å². The SMILES string of the molecule is Cc1ccc([N+](=O)[O-])c(NC2(C(=O)O)CC2)n1. The summed E-state index contributed by atoms with van der Waals surface area (Å²) in [5, 5.41) is 22.5. The molecule has 0 saturated heterocycles. The molecule has 0 bridgehead atoms. The molecule has 0 aromatic carbocycles. The number of carboxylic acids is 1. The molecule has 1 heterocycles. The van der Waals surface area contributed by atoms with Crippen LogP contribution < -0.4 is 5.32 Å². The molecule has 7 nitrogen and oxygen atoms in total. The van der Waals surface area contributed by atoms with E-state index in [9.17, 15) is 14.9 Å². The number of pyridine rings is 1. The Bertz CT molecular complexity index is 496. The van der Waals surface area contributed by atoms with Crippen molar-refractivity contribution in [1.29, 1.82) is 0 Å². The zero-order valence-electron chi connectivity index (χ0n) is 9.14. The van der Waals surface area contributed by atoms with E-state index in [0.29, 0.717) is 18.5 Å². The summed E-state index contributed by atoms with van der Waals surface area (Å²) in [6.07, 6.45) is 0.907. The van der Waals surface area contributed by atoms with Gasteiger partial charge in [-0.3, -0.25) is 10.1 Å². The van der Waals surface area contributed by atoms with Crippen molar-refractivity contribution in [1.82, 2.24) is 4.98 Å². The molecule has 1 aliphatic carbocycles. The van der Waals surface area contributed by atoms with Gasteiger partial charge in [0.2, 0.25) is 5.82 Å². The summed E-state index contributed by atoms with van der Waals surface area (Å²) in [5.74, 6) is -0.981.